The van der Waals surface area contributed by atoms with E-state index in [-0.39, 0.29) is 0 Å². The van der Waals surface area contributed by atoms with Crippen molar-refractivity contribution in [2.24, 2.45) is 0 Å². The van der Waals surface area contributed by atoms with Crippen LogP contribution in [0.5, 0.6) is 17.2 Å². The number of hydrogen-bond acceptors (Lipinski definition) is 6. The molecule has 0 aliphatic heterocycles. The summed E-state index contributed by atoms with van der Waals surface area (Å²) < 4.78 is 15.3. The first-order chi connectivity index (χ1) is 15.0. The smallest absolute Gasteiger partial charge is 0.336 e. The minimum absolute atomic E-state index is 0.313. The molecular formula is C25H18O6. The third kappa shape index (κ3) is 6.01. The summed E-state index contributed by atoms with van der Waals surface area (Å²) in [4.78, 5) is 34.5. The monoisotopic (exact) mass is 414 g/mol. The highest BCUT2D eigenvalue weighted by Gasteiger charge is 2.05. The average molecular weight is 414 g/mol. The molecule has 6 nitrogen and oxygen atoms in total. The Morgan fingerprint density at radius 3 is 1.71 bits per heavy atom. The molecule has 6 heteroatoms. The molecule has 0 aromatic heterocycles. The molecule has 0 aliphatic rings. The Morgan fingerprint density at radius 1 is 0.613 bits per heavy atom. The maximum Gasteiger partial charge on any atom is 0.336 e. The number of rotatable bonds is 7. The summed E-state index contributed by atoms with van der Waals surface area (Å²) in [5.41, 5.74) is 0.798. The van der Waals surface area contributed by atoms with E-state index in [1.165, 1.54) is 30.3 Å². The highest BCUT2D eigenvalue weighted by atomic mass is 16.5. The van der Waals surface area contributed by atoms with Crippen molar-refractivity contribution in [3.8, 4) is 17.2 Å². The molecule has 0 unspecified atom stereocenters. The molecule has 3 aromatic rings. The first-order valence-electron chi connectivity index (χ1n) is 9.19. The third-order valence-corrected chi connectivity index (χ3v) is 4.06. The van der Waals surface area contributed by atoms with Gasteiger partial charge in [-0.15, -0.1) is 0 Å². The molecule has 0 aliphatic carbocycles. The largest absolute Gasteiger partial charge is 0.423 e. The number of carbonyl (C=O) groups is 3. The lowest BCUT2D eigenvalue weighted by Gasteiger charge is -2.05. The highest BCUT2D eigenvalue weighted by molar-refractivity contribution is 5.91. The Morgan fingerprint density at radius 2 is 1.10 bits per heavy atom. The van der Waals surface area contributed by atoms with Crippen molar-refractivity contribution in [3.05, 3.63) is 97.6 Å². The third-order valence-electron chi connectivity index (χ3n) is 4.06. The Hall–Kier alpha value is -4.45. The number of esters is 3. The summed E-state index contributed by atoms with van der Waals surface area (Å²) in [7, 11) is 0. The molecule has 31 heavy (non-hydrogen) atoms. The van der Waals surface area contributed by atoms with E-state index in [4.69, 9.17) is 14.2 Å². The van der Waals surface area contributed by atoms with Crippen molar-refractivity contribution in [1.29, 1.82) is 0 Å². The summed E-state index contributed by atoms with van der Waals surface area (Å²) in [5.74, 6) is -0.592. The molecule has 0 fully saturated rings. The lowest BCUT2D eigenvalue weighted by Crippen LogP contribution is -2.05. The summed E-state index contributed by atoms with van der Waals surface area (Å²) >= 11 is 0. The first kappa shape index (κ1) is 21.3. The van der Waals surface area contributed by atoms with Gasteiger partial charge in [-0.3, -0.25) is 0 Å². The molecule has 0 atom stereocenters. The van der Waals surface area contributed by atoms with Crippen LogP contribution in [0.1, 0.15) is 5.56 Å². The van der Waals surface area contributed by atoms with Crippen LogP contribution < -0.4 is 14.2 Å². The topological polar surface area (TPSA) is 78.9 Å². The fourth-order valence-corrected chi connectivity index (χ4v) is 2.62. The van der Waals surface area contributed by atoms with E-state index >= 15 is 0 Å². The fourth-order valence-electron chi connectivity index (χ4n) is 2.62. The zero-order valence-electron chi connectivity index (χ0n) is 16.4. The minimum atomic E-state index is -0.572. The number of ether oxygens (including phenoxy) is 3. The molecule has 0 heterocycles. The first-order valence-corrected chi connectivity index (χ1v) is 9.19. The second-order valence-corrected chi connectivity index (χ2v) is 6.24. The number of carbonyl (C=O) groups excluding carboxylic acids is 3. The summed E-state index contributed by atoms with van der Waals surface area (Å²) in [6.07, 6.45) is 5.10. The Kier molecular flexibility index (Phi) is 6.75. The molecule has 0 saturated carbocycles. The molecule has 0 spiro atoms. The van der Waals surface area contributed by atoms with Gasteiger partial charge in [-0.25, -0.2) is 14.4 Å². The van der Waals surface area contributed by atoms with Crippen LogP contribution in [0, 0.1) is 0 Å². The van der Waals surface area contributed by atoms with Gasteiger partial charge in [0.05, 0.1) is 0 Å². The van der Waals surface area contributed by atoms with Gasteiger partial charge in [0.1, 0.15) is 17.2 Å². The normalized spacial score (nSPS) is 10.5. The van der Waals surface area contributed by atoms with Gasteiger partial charge in [-0.2, -0.15) is 0 Å². The van der Waals surface area contributed by atoms with Crippen LogP contribution in [-0.4, -0.2) is 17.9 Å². The SMILES string of the molecule is C=CC(=O)Oc1ccc(OC(=O)/C=C/c2ccc3cc(OC(=O)C=C)ccc3c2)cc1. The van der Waals surface area contributed by atoms with E-state index in [0.717, 1.165) is 28.5 Å². The lowest BCUT2D eigenvalue weighted by molar-refractivity contribution is -0.130. The summed E-state index contributed by atoms with van der Waals surface area (Å²) in [5, 5.41) is 1.80. The zero-order valence-corrected chi connectivity index (χ0v) is 16.4. The second kappa shape index (κ2) is 9.84. The molecule has 3 rings (SSSR count). The van der Waals surface area contributed by atoms with Gasteiger partial charge in [0.25, 0.3) is 0 Å². The van der Waals surface area contributed by atoms with Crippen LogP contribution >= 0.6 is 0 Å². The van der Waals surface area contributed by atoms with Gasteiger partial charge in [0.15, 0.2) is 0 Å². The molecule has 0 N–H and O–H groups in total. The van der Waals surface area contributed by atoms with Crippen molar-refractivity contribution in [1.82, 2.24) is 0 Å². The molecular weight excluding hydrogens is 396 g/mol. The van der Waals surface area contributed by atoms with Gasteiger partial charge in [0, 0.05) is 18.2 Å². The van der Waals surface area contributed by atoms with E-state index in [2.05, 4.69) is 13.2 Å². The van der Waals surface area contributed by atoms with E-state index in [9.17, 15) is 14.4 Å². The molecule has 0 radical (unpaired) electrons. The van der Waals surface area contributed by atoms with E-state index < -0.39 is 17.9 Å². The quantitative estimate of drug-likeness (QED) is 0.318. The van der Waals surface area contributed by atoms with Crippen molar-refractivity contribution in [3.63, 3.8) is 0 Å². The Balaban J connectivity index is 1.63. The van der Waals surface area contributed by atoms with Crippen LogP contribution in [0.2, 0.25) is 0 Å². The Bertz CT molecular complexity index is 1190. The average Bonchev–Trinajstić information content (AvgIpc) is 2.78. The van der Waals surface area contributed by atoms with E-state index in [0.29, 0.717) is 17.2 Å². The van der Waals surface area contributed by atoms with Crippen molar-refractivity contribution >= 4 is 34.8 Å². The van der Waals surface area contributed by atoms with Gasteiger partial charge in [0.2, 0.25) is 0 Å². The predicted octanol–water partition coefficient (Wildman–Crippen LogP) is 4.64. The molecule has 3 aromatic carbocycles. The molecule has 154 valence electrons. The van der Waals surface area contributed by atoms with E-state index in [1.54, 1.807) is 18.2 Å². The van der Waals surface area contributed by atoms with Gasteiger partial charge >= 0.3 is 17.9 Å². The molecule has 0 saturated heterocycles. The maximum absolute atomic E-state index is 12.1. The van der Waals surface area contributed by atoms with Gasteiger partial charge < -0.3 is 14.2 Å². The lowest BCUT2D eigenvalue weighted by atomic mass is 10.1. The number of benzene rings is 3. The highest BCUT2D eigenvalue weighted by Crippen LogP contribution is 2.23. The van der Waals surface area contributed by atoms with Crippen LogP contribution in [0.3, 0.4) is 0 Å². The van der Waals surface area contributed by atoms with Gasteiger partial charge in [-0.05, 0) is 64.9 Å². The van der Waals surface area contributed by atoms with Crippen LogP contribution in [0.25, 0.3) is 16.8 Å². The second-order valence-electron chi connectivity index (χ2n) is 6.24. The molecule has 0 amide bonds. The summed E-state index contributed by atoms with van der Waals surface area (Å²) in [6, 6.07) is 16.9. The van der Waals surface area contributed by atoms with Gasteiger partial charge in [-0.1, -0.05) is 31.4 Å². The predicted molar refractivity (Wildman–Crippen MR) is 117 cm³/mol. The van der Waals surface area contributed by atoms with Crippen LogP contribution in [0.4, 0.5) is 0 Å². The van der Waals surface area contributed by atoms with E-state index in [1.807, 2.05) is 24.3 Å². The van der Waals surface area contributed by atoms with Crippen molar-refractivity contribution in [2.75, 3.05) is 0 Å². The maximum atomic E-state index is 12.1. The zero-order chi connectivity index (χ0) is 22.2. The van der Waals surface area contributed by atoms with Crippen molar-refractivity contribution < 1.29 is 28.6 Å². The standard InChI is InChI=1S/C25H18O6/c1-3-23(26)29-20-10-12-21(13-11-20)30-25(28)14-6-17-5-7-19-16-22(31-24(27)4-2)9-8-18(19)15-17/h3-16H,1-2H2/b14-6+. The number of hydrogen-bond donors (Lipinski definition) is 0. The molecule has 0 bridgehead atoms. The van der Waals surface area contributed by atoms with Crippen LogP contribution in [0.15, 0.2) is 92.0 Å². The summed E-state index contributed by atoms with van der Waals surface area (Å²) in [6.45, 7) is 6.69. The van der Waals surface area contributed by atoms with Crippen LogP contribution in [-0.2, 0) is 14.4 Å². The fraction of sp³-hybridized carbons (Fsp3) is 0. The minimum Gasteiger partial charge on any atom is -0.423 e. The number of fused-ring (bicyclic) bond motifs is 1. The van der Waals surface area contributed by atoms with Crippen molar-refractivity contribution in [2.45, 2.75) is 0 Å². The Labute approximate surface area is 178 Å².